The Bertz CT molecular complexity index is 137. The summed E-state index contributed by atoms with van der Waals surface area (Å²) >= 11 is 6.90. The minimum absolute atomic E-state index is 0.412. The van der Waals surface area contributed by atoms with Crippen LogP contribution in [0.15, 0.2) is 0 Å². The summed E-state index contributed by atoms with van der Waals surface area (Å²) in [6.07, 6.45) is 2.10. The lowest BCUT2D eigenvalue weighted by Gasteiger charge is -2.15. The van der Waals surface area contributed by atoms with Crippen LogP contribution in [-0.4, -0.2) is 29.2 Å². The van der Waals surface area contributed by atoms with E-state index in [9.17, 15) is 0 Å². The molecule has 0 aromatic rings. The van der Waals surface area contributed by atoms with Crippen molar-refractivity contribution in [1.82, 2.24) is 10.6 Å². The fourth-order valence-corrected chi connectivity index (χ4v) is 1.20. The molecule has 1 unspecified atom stereocenters. The van der Waals surface area contributed by atoms with Gasteiger partial charge in [-0.05, 0) is 32.3 Å². The van der Waals surface area contributed by atoms with Crippen LogP contribution in [0.1, 0.15) is 20.8 Å². The summed E-state index contributed by atoms with van der Waals surface area (Å²) in [5.74, 6) is 0. The van der Waals surface area contributed by atoms with Crippen molar-refractivity contribution in [2.24, 2.45) is 0 Å². The molecule has 0 heterocycles. The molecule has 12 heavy (non-hydrogen) atoms. The normalized spacial score (nSPS) is 12.8. The highest BCUT2D eigenvalue weighted by molar-refractivity contribution is 7.99. The molecule has 0 fully saturated rings. The molecule has 72 valence electrons. The van der Waals surface area contributed by atoms with Crippen LogP contribution < -0.4 is 10.6 Å². The molecule has 0 amide bonds. The predicted molar refractivity (Wildman–Crippen MR) is 61.8 cm³/mol. The summed E-state index contributed by atoms with van der Waals surface area (Å²) < 4.78 is 0. The number of hydrogen-bond acceptors (Lipinski definition) is 2. The molecule has 4 heteroatoms. The molecule has 2 N–H and O–H groups in total. The van der Waals surface area contributed by atoms with Crippen LogP contribution >= 0.6 is 24.0 Å². The van der Waals surface area contributed by atoms with E-state index in [0.29, 0.717) is 11.3 Å². The van der Waals surface area contributed by atoms with Crippen LogP contribution in [0.4, 0.5) is 0 Å². The zero-order valence-corrected chi connectivity index (χ0v) is 9.81. The van der Waals surface area contributed by atoms with E-state index in [1.54, 1.807) is 0 Å². The summed E-state index contributed by atoms with van der Waals surface area (Å²) in [5.41, 5.74) is 0. The molecule has 0 aromatic carbocycles. The lowest BCUT2D eigenvalue weighted by molar-refractivity contribution is 0.710. The quantitative estimate of drug-likeness (QED) is 0.683. The van der Waals surface area contributed by atoms with Gasteiger partial charge in [-0.25, -0.2) is 0 Å². The Kier molecular flexibility index (Phi) is 6.57. The largest absolute Gasteiger partial charge is 0.362 e. The smallest absolute Gasteiger partial charge is 0.166 e. The van der Waals surface area contributed by atoms with E-state index in [4.69, 9.17) is 12.2 Å². The van der Waals surface area contributed by atoms with Gasteiger partial charge in [0.05, 0.1) is 0 Å². The summed E-state index contributed by atoms with van der Waals surface area (Å²) in [4.78, 5) is 0. The van der Waals surface area contributed by atoms with Crippen molar-refractivity contribution in [2.75, 3.05) is 12.8 Å². The van der Waals surface area contributed by atoms with Crippen molar-refractivity contribution in [1.29, 1.82) is 0 Å². The van der Waals surface area contributed by atoms with Crippen molar-refractivity contribution >= 4 is 29.1 Å². The van der Waals surface area contributed by atoms with Crippen LogP contribution in [0.2, 0.25) is 0 Å². The first-order valence-corrected chi connectivity index (χ1v) is 5.83. The van der Waals surface area contributed by atoms with Crippen LogP contribution in [0.25, 0.3) is 0 Å². The number of rotatable bonds is 4. The third kappa shape index (κ3) is 6.73. The zero-order chi connectivity index (χ0) is 9.56. The second-order valence-corrected chi connectivity index (χ2v) is 4.74. The highest BCUT2D eigenvalue weighted by atomic mass is 32.2. The van der Waals surface area contributed by atoms with Crippen LogP contribution in [0.5, 0.6) is 0 Å². The Morgan fingerprint density at radius 3 is 2.42 bits per heavy atom. The van der Waals surface area contributed by atoms with E-state index in [1.807, 2.05) is 11.8 Å². The highest BCUT2D eigenvalue weighted by Gasteiger charge is 2.01. The van der Waals surface area contributed by atoms with Crippen molar-refractivity contribution in [3.05, 3.63) is 0 Å². The molecule has 0 rings (SSSR count). The minimum atomic E-state index is 0.412. The Morgan fingerprint density at radius 2 is 2.00 bits per heavy atom. The lowest BCUT2D eigenvalue weighted by Crippen LogP contribution is -2.41. The van der Waals surface area contributed by atoms with Crippen molar-refractivity contribution in [3.63, 3.8) is 0 Å². The zero-order valence-electron chi connectivity index (χ0n) is 8.18. The highest BCUT2D eigenvalue weighted by Crippen LogP contribution is 2.02. The molecule has 0 saturated heterocycles. The van der Waals surface area contributed by atoms with Gasteiger partial charge < -0.3 is 10.6 Å². The molecule has 0 aliphatic rings. The minimum Gasteiger partial charge on any atom is -0.362 e. The Hall–Kier alpha value is 0.0400. The van der Waals surface area contributed by atoms with Crippen molar-refractivity contribution in [3.8, 4) is 0 Å². The van der Waals surface area contributed by atoms with Gasteiger partial charge >= 0.3 is 0 Å². The van der Waals surface area contributed by atoms with Crippen molar-refractivity contribution in [2.45, 2.75) is 32.1 Å². The fraction of sp³-hybridized carbons (Fsp3) is 0.875. The second-order valence-electron chi connectivity index (χ2n) is 3.06. The molecule has 1 atom stereocenters. The summed E-state index contributed by atoms with van der Waals surface area (Å²) in [5, 5.41) is 7.66. The van der Waals surface area contributed by atoms with Gasteiger partial charge in [-0.3, -0.25) is 0 Å². The number of thioether (sulfide) groups is 1. The molecule has 2 nitrogen and oxygen atoms in total. The summed E-state index contributed by atoms with van der Waals surface area (Å²) in [6, 6.07) is 0.412. The van der Waals surface area contributed by atoms with Crippen molar-refractivity contribution < 1.29 is 0 Å². The molecule has 0 bridgehead atoms. The SMILES string of the molecule is CSC(C)CNC(=S)NC(C)C. The summed E-state index contributed by atoms with van der Waals surface area (Å²) in [7, 11) is 0. The first kappa shape index (κ1) is 12.0. The molecule has 0 spiro atoms. The number of nitrogens with one attached hydrogen (secondary N) is 2. The molecular formula is C8H18N2S2. The van der Waals surface area contributed by atoms with Crippen LogP contribution in [0, 0.1) is 0 Å². The van der Waals surface area contributed by atoms with E-state index in [0.717, 1.165) is 11.7 Å². The maximum atomic E-state index is 5.07. The molecule has 0 aliphatic heterocycles. The fourth-order valence-electron chi connectivity index (χ4n) is 0.633. The van der Waals surface area contributed by atoms with Gasteiger partial charge in [0, 0.05) is 17.8 Å². The van der Waals surface area contributed by atoms with E-state index in [2.05, 4.69) is 37.7 Å². The summed E-state index contributed by atoms with van der Waals surface area (Å²) in [6.45, 7) is 7.26. The second kappa shape index (κ2) is 6.54. The van der Waals surface area contributed by atoms with Crippen LogP contribution in [0.3, 0.4) is 0 Å². The standard InChI is InChI=1S/C8H18N2S2/c1-6(2)10-8(11)9-5-7(3)12-4/h6-7H,5H2,1-4H3,(H2,9,10,11). The Labute approximate surface area is 84.9 Å². The monoisotopic (exact) mass is 206 g/mol. The Morgan fingerprint density at radius 1 is 1.42 bits per heavy atom. The van der Waals surface area contributed by atoms with E-state index in [-0.39, 0.29) is 0 Å². The average molecular weight is 206 g/mol. The van der Waals surface area contributed by atoms with Gasteiger partial charge in [-0.2, -0.15) is 11.8 Å². The van der Waals surface area contributed by atoms with Gasteiger partial charge in [0.15, 0.2) is 5.11 Å². The average Bonchev–Trinajstić information content (AvgIpc) is 1.99. The van der Waals surface area contributed by atoms with Gasteiger partial charge in [0.2, 0.25) is 0 Å². The molecule has 0 aromatic heterocycles. The van der Waals surface area contributed by atoms with E-state index in [1.165, 1.54) is 0 Å². The first-order valence-electron chi connectivity index (χ1n) is 4.13. The van der Waals surface area contributed by atoms with Gasteiger partial charge in [-0.1, -0.05) is 6.92 Å². The number of thiocarbonyl (C=S) groups is 1. The predicted octanol–water partition coefficient (Wildman–Crippen LogP) is 1.61. The third-order valence-electron chi connectivity index (χ3n) is 1.37. The maximum absolute atomic E-state index is 5.07. The lowest BCUT2D eigenvalue weighted by atomic mass is 10.4. The maximum Gasteiger partial charge on any atom is 0.166 e. The van der Waals surface area contributed by atoms with Gasteiger partial charge in [0.1, 0.15) is 0 Å². The van der Waals surface area contributed by atoms with Crippen LogP contribution in [-0.2, 0) is 0 Å². The molecule has 0 aliphatic carbocycles. The molecular weight excluding hydrogens is 188 g/mol. The van der Waals surface area contributed by atoms with Gasteiger partial charge in [-0.15, -0.1) is 0 Å². The Balaban J connectivity index is 3.44. The first-order chi connectivity index (χ1) is 5.56. The van der Waals surface area contributed by atoms with E-state index < -0.39 is 0 Å². The third-order valence-corrected chi connectivity index (χ3v) is 2.61. The van der Waals surface area contributed by atoms with Gasteiger partial charge in [0.25, 0.3) is 0 Å². The van der Waals surface area contributed by atoms with E-state index >= 15 is 0 Å². The molecule has 0 radical (unpaired) electrons. The number of hydrogen-bond donors (Lipinski definition) is 2. The topological polar surface area (TPSA) is 24.1 Å². The molecule has 0 saturated carbocycles.